The number of sulfonamides is 1. The number of hydrogen-bond acceptors (Lipinski definition) is 4. The molecule has 4 rings (SSSR count). The average Bonchev–Trinajstić information content (AvgIpc) is 2.79. The van der Waals surface area contributed by atoms with Crippen LogP contribution in [0.1, 0.15) is 27.0 Å². The molecule has 3 aromatic rings. The highest BCUT2D eigenvalue weighted by Gasteiger charge is 2.27. The molecular formula is C23H22N2O4S. The smallest absolute Gasteiger partial charge is 0.262 e. The quantitative estimate of drug-likeness (QED) is 0.658. The fraction of sp³-hybridized carbons (Fsp3) is 0.174. The fourth-order valence-electron chi connectivity index (χ4n) is 3.44. The topological polar surface area (TPSA) is 75.7 Å². The van der Waals surface area contributed by atoms with Gasteiger partial charge in [0.1, 0.15) is 5.75 Å². The lowest BCUT2D eigenvalue weighted by atomic mass is 10.1. The van der Waals surface area contributed by atoms with Crippen molar-refractivity contribution in [2.75, 3.05) is 16.7 Å². The van der Waals surface area contributed by atoms with Gasteiger partial charge in [-0.15, -0.1) is 0 Å². The Labute approximate surface area is 176 Å². The Bertz CT molecular complexity index is 1280. The second-order valence-electron chi connectivity index (χ2n) is 7.52. The molecule has 0 saturated carbocycles. The molecule has 0 radical (unpaired) electrons. The molecule has 7 heteroatoms. The van der Waals surface area contributed by atoms with E-state index in [-0.39, 0.29) is 16.4 Å². The van der Waals surface area contributed by atoms with Gasteiger partial charge in [0.2, 0.25) is 0 Å². The van der Waals surface area contributed by atoms with Crippen molar-refractivity contribution < 1.29 is 17.9 Å². The summed E-state index contributed by atoms with van der Waals surface area (Å²) >= 11 is 0. The summed E-state index contributed by atoms with van der Waals surface area (Å²) in [5.41, 5.74) is 3.74. The molecule has 3 aromatic carbocycles. The second kappa shape index (κ2) is 7.18. The number of anilines is 2. The maximum Gasteiger partial charge on any atom is 0.262 e. The standard InChI is InChI=1S/C23H22N2O4S/c1-14-6-9-21-19(11-14)25(4)23(26)18-13-17(8-10-20(18)29-21)24-30(27,28)22-12-15(2)5-7-16(22)3/h5-13,24H,1-4H3. The van der Waals surface area contributed by atoms with E-state index in [4.69, 9.17) is 4.74 Å². The Morgan fingerprint density at radius 2 is 1.53 bits per heavy atom. The summed E-state index contributed by atoms with van der Waals surface area (Å²) in [5.74, 6) is 0.671. The summed E-state index contributed by atoms with van der Waals surface area (Å²) in [4.78, 5) is 14.8. The van der Waals surface area contributed by atoms with Gasteiger partial charge in [-0.2, -0.15) is 0 Å². The number of carbonyl (C=O) groups excluding carboxylic acids is 1. The summed E-state index contributed by atoms with van der Waals surface area (Å²) in [6.07, 6.45) is 0. The van der Waals surface area contributed by atoms with Gasteiger partial charge in [0.05, 0.1) is 16.1 Å². The van der Waals surface area contributed by atoms with Gasteiger partial charge in [-0.05, 0) is 73.9 Å². The SMILES string of the molecule is Cc1ccc2c(c1)N(C)C(=O)c1cc(NS(=O)(=O)c3cc(C)ccc3C)ccc1O2. The van der Waals surface area contributed by atoms with Crippen molar-refractivity contribution in [2.45, 2.75) is 25.7 Å². The summed E-state index contributed by atoms with van der Waals surface area (Å²) < 4.78 is 34.4. The summed E-state index contributed by atoms with van der Waals surface area (Å²) in [6.45, 7) is 5.53. The average molecular weight is 423 g/mol. The van der Waals surface area contributed by atoms with E-state index in [2.05, 4.69) is 4.72 Å². The van der Waals surface area contributed by atoms with Crippen LogP contribution < -0.4 is 14.4 Å². The Kier molecular flexibility index (Phi) is 4.78. The van der Waals surface area contributed by atoms with Crippen LogP contribution in [0.15, 0.2) is 59.5 Å². The molecule has 1 N–H and O–H groups in total. The third-order valence-corrected chi connectivity index (χ3v) is 6.62. The third-order valence-electron chi connectivity index (χ3n) is 5.10. The van der Waals surface area contributed by atoms with E-state index in [0.29, 0.717) is 28.4 Å². The van der Waals surface area contributed by atoms with Gasteiger partial charge in [0.15, 0.2) is 5.75 Å². The summed E-state index contributed by atoms with van der Waals surface area (Å²) in [7, 11) is -2.14. The number of amides is 1. The molecule has 0 atom stereocenters. The normalized spacial score (nSPS) is 13.2. The molecule has 1 aliphatic heterocycles. The second-order valence-corrected chi connectivity index (χ2v) is 9.17. The van der Waals surface area contributed by atoms with E-state index in [9.17, 15) is 13.2 Å². The van der Waals surface area contributed by atoms with Gasteiger partial charge in [-0.3, -0.25) is 9.52 Å². The lowest BCUT2D eigenvalue weighted by Crippen LogP contribution is -2.25. The van der Waals surface area contributed by atoms with Gasteiger partial charge in [-0.1, -0.05) is 18.2 Å². The van der Waals surface area contributed by atoms with Gasteiger partial charge < -0.3 is 9.64 Å². The van der Waals surface area contributed by atoms with E-state index in [1.54, 1.807) is 38.2 Å². The maximum absolute atomic E-state index is 13.1. The number of rotatable bonds is 3. The van der Waals surface area contributed by atoms with Gasteiger partial charge in [0, 0.05) is 12.7 Å². The molecule has 30 heavy (non-hydrogen) atoms. The molecule has 0 aromatic heterocycles. The molecule has 0 fully saturated rings. The van der Waals surface area contributed by atoms with Gasteiger partial charge in [0.25, 0.3) is 15.9 Å². The monoisotopic (exact) mass is 422 g/mol. The van der Waals surface area contributed by atoms with E-state index in [1.165, 1.54) is 11.0 Å². The van der Waals surface area contributed by atoms with Crippen molar-refractivity contribution >= 4 is 27.3 Å². The van der Waals surface area contributed by atoms with Crippen LogP contribution in [0.25, 0.3) is 0 Å². The molecule has 1 amide bonds. The first-order valence-corrected chi connectivity index (χ1v) is 10.9. The fourth-order valence-corrected chi connectivity index (χ4v) is 4.82. The Morgan fingerprint density at radius 1 is 0.867 bits per heavy atom. The van der Waals surface area contributed by atoms with E-state index >= 15 is 0 Å². The number of fused-ring (bicyclic) bond motifs is 2. The molecule has 0 unspecified atom stereocenters. The van der Waals surface area contributed by atoms with Gasteiger partial charge in [-0.25, -0.2) is 8.42 Å². The maximum atomic E-state index is 13.1. The Hall–Kier alpha value is -3.32. The van der Waals surface area contributed by atoms with Crippen molar-refractivity contribution in [3.63, 3.8) is 0 Å². The van der Waals surface area contributed by atoms with Crippen LogP contribution in [-0.4, -0.2) is 21.4 Å². The molecular weight excluding hydrogens is 400 g/mol. The highest BCUT2D eigenvalue weighted by atomic mass is 32.2. The molecule has 154 valence electrons. The van der Waals surface area contributed by atoms with Crippen LogP contribution >= 0.6 is 0 Å². The first kappa shape index (κ1) is 20.0. The summed E-state index contributed by atoms with van der Waals surface area (Å²) in [6, 6.07) is 15.6. The minimum Gasteiger partial charge on any atom is -0.454 e. The van der Waals surface area contributed by atoms with Crippen LogP contribution in [0.3, 0.4) is 0 Å². The molecule has 0 aliphatic carbocycles. The van der Waals surface area contributed by atoms with Crippen LogP contribution in [0.5, 0.6) is 11.5 Å². The molecule has 0 saturated heterocycles. The number of ether oxygens (including phenoxy) is 1. The first-order chi connectivity index (χ1) is 14.2. The molecule has 1 heterocycles. The first-order valence-electron chi connectivity index (χ1n) is 9.46. The van der Waals surface area contributed by atoms with Gasteiger partial charge >= 0.3 is 0 Å². The number of hydrogen-bond donors (Lipinski definition) is 1. The highest BCUT2D eigenvalue weighted by molar-refractivity contribution is 7.92. The highest BCUT2D eigenvalue weighted by Crippen LogP contribution is 2.39. The molecule has 0 spiro atoms. The third kappa shape index (κ3) is 3.52. The van der Waals surface area contributed by atoms with Crippen molar-refractivity contribution in [3.8, 4) is 11.5 Å². The lowest BCUT2D eigenvalue weighted by Gasteiger charge is -2.17. The zero-order valence-electron chi connectivity index (χ0n) is 17.2. The number of carbonyl (C=O) groups is 1. The largest absolute Gasteiger partial charge is 0.454 e. The Balaban J connectivity index is 1.73. The van der Waals surface area contributed by atoms with E-state index < -0.39 is 10.0 Å². The zero-order valence-corrected chi connectivity index (χ0v) is 18.0. The van der Waals surface area contributed by atoms with E-state index in [0.717, 1.165) is 11.1 Å². The van der Waals surface area contributed by atoms with Crippen molar-refractivity contribution in [2.24, 2.45) is 0 Å². The number of benzene rings is 3. The number of nitrogens with zero attached hydrogens (tertiary/aromatic N) is 1. The predicted molar refractivity (Wildman–Crippen MR) is 117 cm³/mol. The van der Waals surface area contributed by atoms with Crippen molar-refractivity contribution in [1.82, 2.24) is 0 Å². The van der Waals surface area contributed by atoms with Crippen molar-refractivity contribution in [1.29, 1.82) is 0 Å². The van der Waals surface area contributed by atoms with E-state index in [1.807, 2.05) is 38.1 Å². The number of nitrogens with one attached hydrogen (secondary N) is 1. The van der Waals surface area contributed by atoms with Crippen LogP contribution in [-0.2, 0) is 10.0 Å². The van der Waals surface area contributed by atoms with Crippen LogP contribution in [0.2, 0.25) is 0 Å². The van der Waals surface area contributed by atoms with Crippen molar-refractivity contribution in [3.05, 3.63) is 76.9 Å². The minimum absolute atomic E-state index is 0.208. The molecule has 1 aliphatic rings. The predicted octanol–water partition coefficient (Wildman–Crippen LogP) is 4.79. The zero-order chi connectivity index (χ0) is 21.6. The summed E-state index contributed by atoms with van der Waals surface area (Å²) in [5, 5.41) is 0. The lowest BCUT2D eigenvalue weighted by molar-refractivity contribution is 0.0993. The number of aryl methyl sites for hydroxylation is 3. The molecule has 0 bridgehead atoms. The van der Waals surface area contributed by atoms with Crippen LogP contribution in [0.4, 0.5) is 11.4 Å². The Morgan fingerprint density at radius 3 is 2.30 bits per heavy atom. The minimum atomic E-state index is -3.81. The van der Waals surface area contributed by atoms with Crippen LogP contribution in [0, 0.1) is 20.8 Å². The molecule has 6 nitrogen and oxygen atoms in total.